The van der Waals surface area contributed by atoms with Crippen LogP contribution in [0.1, 0.15) is 52.4 Å². The predicted molar refractivity (Wildman–Crippen MR) is 133 cm³/mol. The Kier molecular flexibility index (Phi) is 10.3. The molecule has 33 heavy (non-hydrogen) atoms. The van der Waals surface area contributed by atoms with Crippen molar-refractivity contribution in [2.75, 3.05) is 13.2 Å². The van der Waals surface area contributed by atoms with E-state index in [0.29, 0.717) is 25.0 Å². The van der Waals surface area contributed by atoms with Gasteiger partial charge in [-0.3, -0.25) is 0 Å². The van der Waals surface area contributed by atoms with Crippen LogP contribution in [-0.4, -0.2) is 23.4 Å². The maximum atomic E-state index is 5.88. The minimum absolute atomic E-state index is 0.480. The van der Waals surface area contributed by atoms with Crippen LogP contribution in [0.2, 0.25) is 0 Å². The summed E-state index contributed by atoms with van der Waals surface area (Å²) in [4.78, 5) is 0. The van der Waals surface area contributed by atoms with E-state index < -0.39 is 0 Å². The van der Waals surface area contributed by atoms with Crippen LogP contribution in [0.4, 0.5) is 0 Å². The van der Waals surface area contributed by atoms with Gasteiger partial charge in [-0.15, -0.1) is 10.2 Å². The van der Waals surface area contributed by atoms with Crippen molar-refractivity contribution in [1.29, 1.82) is 0 Å². The van der Waals surface area contributed by atoms with Crippen molar-refractivity contribution in [3.8, 4) is 34.4 Å². The summed E-state index contributed by atoms with van der Waals surface area (Å²) < 4.78 is 17.4. The zero-order chi connectivity index (χ0) is 23.1. The minimum atomic E-state index is 0.480. The van der Waals surface area contributed by atoms with Crippen LogP contribution in [0.25, 0.3) is 22.9 Å². The first-order chi connectivity index (χ1) is 16.3. The molecule has 2 aromatic carbocycles. The first-order valence-electron chi connectivity index (χ1n) is 11.9. The van der Waals surface area contributed by atoms with Crippen LogP contribution in [-0.2, 0) is 0 Å². The molecule has 0 N–H and O–H groups in total. The van der Waals surface area contributed by atoms with Gasteiger partial charge in [-0.25, -0.2) is 0 Å². The number of aromatic nitrogens is 2. The van der Waals surface area contributed by atoms with Crippen molar-refractivity contribution in [1.82, 2.24) is 10.2 Å². The molecule has 0 aliphatic rings. The van der Waals surface area contributed by atoms with E-state index in [4.69, 9.17) is 13.9 Å². The standard InChI is InChI=1S/C28H34N2O3/c1-3-5-7-9-11-21-31-25-17-13-23(14-18-25)27-29-30-28(33-27)24-15-19-26(20-16-24)32-22-12-10-8-6-4-2/h9-20H,3-8,21-22H2,1-2H3. The maximum absolute atomic E-state index is 5.88. The molecule has 1 aromatic heterocycles. The fourth-order valence-corrected chi connectivity index (χ4v) is 3.15. The highest BCUT2D eigenvalue weighted by molar-refractivity contribution is 5.59. The van der Waals surface area contributed by atoms with Gasteiger partial charge in [-0.2, -0.15) is 0 Å². The van der Waals surface area contributed by atoms with E-state index in [0.717, 1.165) is 35.5 Å². The molecule has 1 heterocycles. The fraction of sp³-hybridized carbons (Fsp3) is 0.357. The topological polar surface area (TPSA) is 57.4 Å². The van der Waals surface area contributed by atoms with Crippen LogP contribution in [0, 0.1) is 0 Å². The molecule has 0 aliphatic carbocycles. The maximum Gasteiger partial charge on any atom is 0.248 e. The molecule has 0 bridgehead atoms. The Labute approximate surface area is 197 Å². The lowest BCUT2D eigenvalue weighted by Gasteiger charge is -2.04. The lowest BCUT2D eigenvalue weighted by molar-refractivity contribution is 0.362. The van der Waals surface area contributed by atoms with Crippen molar-refractivity contribution in [2.45, 2.75) is 52.4 Å². The number of nitrogens with zero attached hydrogens (tertiary/aromatic N) is 2. The Balaban J connectivity index is 1.51. The second kappa shape index (κ2) is 13.9. The van der Waals surface area contributed by atoms with E-state index >= 15 is 0 Å². The van der Waals surface area contributed by atoms with E-state index in [9.17, 15) is 0 Å². The van der Waals surface area contributed by atoms with Gasteiger partial charge in [0.25, 0.3) is 0 Å². The Morgan fingerprint density at radius 2 is 1.06 bits per heavy atom. The molecule has 3 aromatic rings. The zero-order valence-electron chi connectivity index (χ0n) is 19.7. The highest BCUT2D eigenvalue weighted by Crippen LogP contribution is 2.26. The number of allylic oxidation sites excluding steroid dienone is 2. The predicted octanol–water partition coefficient (Wildman–Crippen LogP) is 7.65. The molecule has 0 radical (unpaired) electrons. The zero-order valence-corrected chi connectivity index (χ0v) is 19.7. The van der Waals surface area contributed by atoms with Crippen LogP contribution < -0.4 is 9.47 Å². The minimum Gasteiger partial charge on any atom is -0.490 e. The summed E-state index contributed by atoms with van der Waals surface area (Å²) in [5, 5.41) is 8.39. The average Bonchev–Trinajstić information content (AvgIpc) is 3.35. The SMILES string of the molecule is CCCCC=CCOc1ccc(-c2nnc(-c3ccc(OCC=CCCCC)cc3)o2)cc1. The highest BCUT2D eigenvalue weighted by Gasteiger charge is 2.11. The van der Waals surface area contributed by atoms with E-state index in [1.165, 1.54) is 25.7 Å². The third-order valence-corrected chi connectivity index (χ3v) is 5.10. The quantitative estimate of drug-likeness (QED) is 0.188. The van der Waals surface area contributed by atoms with Gasteiger partial charge in [0.15, 0.2) is 0 Å². The summed E-state index contributed by atoms with van der Waals surface area (Å²) >= 11 is 0. The monoisotopic (exact) mass is 446 g/mol. The third-order valence-electron chi connectivity index (χ3n) is 5.10. The van der Waals surface area contributed by atoms with Crippen LogP contribution in [0.5, 0.6) is 11.5 Å². The van der Waals surface area contributed by atoms with Gasteiger partial charge in [0.2, 0.25) is 11.8 Å². The second-order valence-electron chi connectivity index (χ2n) is 7.81. The summed E-state index contributed by atoms with van der Waals surface area (Å²) in [5.41, 5.74) is 1.71. The first-order valence-corrected chi connectivity index (χ1v) is 11.9. The molecule has 0 aliphatic heterocycles. The Bertz CT molecular complexity index is 909. The number of rotatable bonds is 14. The average molecular weight is 447 g/mol. The van der Waals surface area contributed by atoms with Crippen LogP contribution in [0.15, 0.2) is 77.3 Å². The van der Waals surface area contributed by atoms with Gasteiger partial charge < -0.3 is 13.9 Å². The third kappa shape index (κ3) is 8.26. The molecule has 0 amide bonds. The molecule has 5 heteroatoms. The lowest BCUT2D eigenvalue weighted by atomic mass is 10.2. The number of ether oxygens (including phenoxy) is 2. The highest BCUT2D eigenvalue weighted by atomic mass is 16.5. The first kappa shape index (κ1) is 24.3. The number of benzene rings is 2. The molecular weight excluding hydrogens is 412 g/mol. The molecule has 0 unspecified atom stereocenters. The van der Waals surface area contributed by atoms with Gasteiger partial charge in [0.1, 0.15) is 24.7 Å². The normalized spacial score (nSPS) is 11.5. The second-order valence-corrected chi connectivity index (χ2v) is 7.81. The van der Waals surface area contributed by atoms with Gasteiger partial charge in [0.05, 0.1) is 0 Å². The summed E-state index contributed by atoms with van der Waals surface area (Å²) in [5.74, 6) is 2.59. The molecule has 5 nitrogen and oxygen atoms in total. The van der Waals surface area contributed by atoms with E-state index in [-0.39, 0.29) is 0 Å². The molecule has 0 saturated heterocycles. The molecular formula is C28H34N2O3. The molecule has 0 saturated carbocycles. The fourth-order valence-electron chi connectivity index (χ4n) is 3.15. The number of unbranched alkanes of at least 4 members (excludes halogenated alkanes) is 4. The Hall–Kier alpha value is -3.34. The molecule has 0 spiro atoms. The summed E-state index contributed by atoms with van der Waals surface area (Å²) in [6, 6.07) is 15.4. The molecule has 0 fully saturated rings. The Morgan fingerprint density at radius 1 is 0.636 bits per heavy atom. The van der Waals surface area contributed by atoms with E-state index in [1.807, 2.05) is 48.5 Å². The summed E-state index contributed by atoms with van der Waals surface area (Å²) in [6.07, 6.45) is 15.5. The van der Waals surface area contributed by atoms with Crippen molar-refractivity contribution in [3.63, 3.8) is 0 Å². The van der Waals surface area contributed by atoms with Gasteiger partial charge in [0, 0.05) is 11.1 Å². The molecule has 3 rings (SSSR count). The molecule has 174 valence electrons. The van der Waals surface area contributed by atoms with Gasteiger partial charge >= 0.3 is 0 Å². The van der Waals surface area contributed by atoms with Crippen molar-refractivity contribution in [3.05, 3.63) is 72.8 Å². The van der Waals surface area contributed by atoms with E-state index in [1.54, 1.807) is 0 Å². The van der Waals surface area contributed by atoms with Crippen molar-refractivity contribution in [2.24, 2.45) is 0 Å². The van der Waals surface area contributed by atoms with Gasteiger partial charge in [-0.1, -0.05) is 63.8 Å². The van der Waals surface area contributed by atoms with Gasteiger partial charge in [-0.05, 0) is 61.4 Å². The largest absolute Gasteiger partial charge is 0.490 e. The lowest BCUT2D eigenvalue weighted by Crippen LogP contribution is -1.93. The van der Waals surface area contributed by atoms with Crippen molar-refractivity contribution < 1.29 is 13.9 Å². The van der Waals surface area contributed by atoms with E-state index in [2.05, 4.69) is 48.3 Å². The summed E-state index contributed by atoms with van der Waals surface area (Å²) in [7, 11) is 0. The number of hydrogen-bond acceptors (Lipinski definition) is 5. The summed E-state index contributed by atoms with van der Waals surface area (Å²) in [6.45, 7) is 5.53. The van der Waals surface area contributed by atoms with Crippen LogP contribution >= 0.6 is 0 Å². The van der Waals surface area contributed by atoms with Crippen molar-refractivity contribution >= 4 is 0 Å². The van der Waals surface area contributed by atoms with Crippen LogP contribution in [0.3, 0.4) is 0 Å². The smallest absolute Gasteiger partial charge is 0.248 e. The number of hydrogen-bond donors (Lipinski definition) is 0. The molecule has 0 atom stereocenters. The Morgan fingerprint density at radius 3 is 1.45 bits per heavy atom.